The fourth-order valence-electron chi connectivity index (χ4n) is 3.15. The van der Waals surface area contributed by atoms with Crippen LogP contribution in [0.25, 0.3) is 0 Å². The minimum absolute atomic E-state index is 0.458. The van der Waals surface area contributed by atoms with Crippen LogP contribution < -0.4 is 4.74 Å². The number of hydrogen-bond donors (Lipinski definition) is 1. The van der Waals surface area contributed by atoms with Crippen molar-refractivity contribution in [3.05, 3.63) is 11.9 Å². The zero-order chi connectivity index (χ0) is 13.7. The molecule has 1 N–H and O–H groups in total. The molecular formula is C15H26N2O2. The molecule has 2 rings (SSSR count). The van der Waals surface area contributed by atoms with Gasteiger partial charge in [0, 0.05) is 6.54 Å². The highest BCUT2D eigenvalue weighted by atomic mass is 16.5. The van der Waals surface area contributed by atoms with Gasteiger partial charge in [-0.05, 0) is 19.3 Å². The third kappa shape index (κ3) is 3.50. The highest BCUT2D eigenvalue weighted by Crippen LogP contribution is 2.34. The van der Waals surface area contributed by atoms with Crippen molar-refractivity contribution < 1.29 is 9.84 Å². The Bertz CT molecular complexity index is 360. The first-order valence-electron chi connectivity index (χ1n) is 7.54. The molecule has 108 valence electrons. The van der Waals surface area contributed by atoms with E-state index < -0.39 is 6.10 Å². The Balaban J connectivity index is 2.05. The summed E-state index contributed by atoms with van der Waals surface area (Å²) < 4.78 is 7.17. The van der Waals surface area contributed by atoms with Crippen molar-refractivity contribution in [2.45, 2.75) is 64.5 Å². The summed E-state index contributed by atoms with van der Waals surface area (Å²) >= 11 is 0. The Morgan fingerprint density at radius 1 is 1.37 bits per heavy atom. The quantitative estimate of drug-likeness (QED) is 0.832. The van der Waals surface area contributed by atoms with Crippen LogP contribution in [-0.4, -0.2) is 22.0 Å². The van der Waals surface area contributed by atoms with Gasteiger partial charge in [0.05, 0.1) is 19.4 Å². The Morgan fingerprint density at radius 3 is 2.63 bits per heavy atom. The smallest absolute Gasteiger partial charge is 0.162 e. The molecule has 1 aromatic heterocycles. The normalized spacial score (nSPS) is 19.1. The standard InChI is InChI=1S/C15H26N2O2/c1-3-17-15(14(19-2)11-16-17)13(18)10-12-8-6-4-5-7-9-12/h11-13,18H,3-10H2,1-2H3. The largest absolute Gasteiger partial charge is 0.493 e. The molecule has 0 spiro atoms. The van der Waals surface area contributed by atoms with Crippen molar-refractivity contribution in [1.82, 2.24) is 9.78 Å². The van der Waals surface area contributed by atoms with Crippen molar-refractivity contribution >= 4 is 0 Å². The summed E-state index contributed by atoms with van der Waals surface area (Å²) in [5.41, 5.74) is 0.842. The zero-order valence-corrected chi connectivity index (χ0v) is 12.1. The van der Waals surface area contributed by atoms with Gasteiger partial charge in [0.2, 0.25) is 0 Å². The first-order chi connectivity index (χ1) is 9.26. The van der Waals surface area contributed by atoms with Crippen LogP contribution in [0, 0.1) is 5.92 Å². The molecule has 1 fully saturated rings. The van der Waals surface area contributed by atoms with E-state index in [9.17, 15) is 5.11 Å². The molecule has 1 heterocycles. The molecule has 1 unspecified atom stereocenters. The Labute approximate surface area is 115 Å². The van der Waals surface area contributed by atoms with E-state index >= 15 is 0 Å². The second-order valence-corrected chi connectivity index (χ2v) is 5.52. The number of nitrogens with zero attached hydrogens (tertiary/aromatic N) is 2. The van der Waals surface area contributed by atoms with Gasteiger partial charge < -0.3 is 9.84 Å². The van der Waals surface area contributed by atoms with E-state index in [-0.39, 0.29) is 0 Å². The maximum absolute atomic E-state index is 10.5. The first-order valence-corrected chi connectivity index (χ1v) is 7.54. The summed E-state index contributed by atoms with van der Waals surface area (Å²) in [5, 5.41) is 14.8. The fourth-order valence-corrected chi connectivity index (χ4v) is 3.15. The molecular weight excluding hydrogens is 240 g/mol. The Hall–Kier alpha value is -1.03. The first kappa shape index (κ1) is 14.4. The van der Waals surface area contributed by atoms with Crippen LogP contribution in [0.15, 0.2) is 6.20 Å². The molecule has 1 saturated carbocycles. The molecule has 4 heteroatoms. The maximum Gasteiger partial charge on any atom is 0.162 e. The maximum atomic E-state index is 10.5. The number of aromatic nitrogens is 2. The van der Waals surface area contributed by atoms with E-state index in [1.165, 1.54) is 38.5 Å². The summed E-state index contributed by atoms with van der Waals surface area (Å²) in [4.78, 5) is 0. The van der Waals surface area contributed by atoms with Gasteiger partial charge in [-0.15, -0.1) is 0 Å². The topological polar surface area (TPSA) is 47.3 Å². The number of aryl methyl sites for hydroxylation is 1. The zero-order valence-electron chi connectivity index (χ0n) is 12.1. The van der Waals surface area contributed by atoms with E-state index in [0.717, 1.165) is 18.7 Å². The monoisotopic (exact) mass is 266 g/mol. The second-order valence-electron chi connectivity index (χ2n) is 5.52. The molecule has 4 nitrogen and oxygen atoms in total. The van der Waals surface area contributed by atoms with E-state index in [2.05, 4.69) is 5.10 Å². The molecule has 1 aliphatic carbocycles. The summed E-state index contributed by atoms with van der Waals surface area (Å²) in [6.07, 6.45) is 9.89. The summed E-state index contributed by atoms with van der Waals surface area (Å²) in [6, 6.07) is 0. The number of ether oxygens (including phenoxy) is 1. The van der Waals surface area contributed by atoms with Gasteiger partial charge in [0.25, 0.3) is 0 Å². The summed E-state index contributed by atoms with van der Waals surface area (Å²) in [7, 11) is 1.64. The summed E-state index contributed by atoms with van der Waals surface area (Å²) in [5.74, 6) is 1.35. The molecule has 0 aromatic carbocycles. The number of methoxy groups -OCH3 is 1. The molecule has 0 amide bonds. The van der Waals surface area contributed by atoms with E-state index in [1.807, 2.05) is 11.6 Å². The minimum Gasteiger partial charge on any atom is -0.493 e. The molecule has 0 saturated heterocycles. The minimum atomic E-state index is -0.458. The second kappa shape index (κ2) is 6.94. The number of hydrogen-bond acceptors (Lipinski definition) is 3. The number of aliphatic hydroxyl groups excluding tert-OH is 1. The van der Waals surface area contributed by atoms with Crippen molar-refractivity contribution in [2.75, 3.05) is 7.11 Å². The van der Waals surface area contributed by atoms with Gasteiger partial charge in [0.1, 0.15) is 5.69 Å². The molecule has 1 atom stereocenters. The van der Waals surface area contributed by atoms with E-state index in [1.54, 1.807) is 13.3 Å². The molecule has 1 aliphatic rings. The van der Waals surface area contributed by atoms with Crippen LogP contribution in [0.1, 0.15) is 63.7 Å². The predicted octanol–water partition coefficient (Wildman–Crippen LogP) is 3.31. The van der Waals surface area contributed by atoms with Gasteiger partial charge in [0.15, 0.2) is 5.75 Å². The van der Waals surface area contributed by atoms with Crippen LogP contribution in [0.2, 0.25) is 0 Å². The van der Waals surface area contributed by atoms with Gasteiger partial charge in [-0.2, -0.15) is 5.10 Å². The van der Waals surface area contributed by atoms with Crippen molar-refractivity contribution in [1.29, 1.82) is 0 Å². The molecule has 0 radical (unpaired) electrons. The lowest BCUT2D eigenvalue weighted by Gasteiger charge is -2.20. The highest BCUT2D eigenvalue weighted by molar-refractivity contribution is 5.27. The molecule has 0 aliphatic heterocycles. The van der Waals surface area contributed by atoms with Crippen molar-refractivity contribution in [3.63, 3.8) is 0 Å². The SMILES string of the molecule is CCn1ncc(OC)c1C(O)CC1CCCCCC1. The van der Waals surface area contributed by atoms with E-state index in [0.29, 0.717) is 11.7 Å². The van der Waals surface area contributed by atoms with Crippen LogP contribution in [-0.2, 0) is 6.54 Å². The Kier molecular flexibility index (Phi) is 5.25. The highest BCUT2D eigenvalue weighted by Gasteiger charge is 2.23. The molecule has 19 heavy (non-hydrogen) atoms. The average Bonchev–Trinajstić information content (AvgIpc) is 2.68. The van der Waals surface area contributed by atoms with Crippen LogP contribution in [0.4, 0.5) is 0 Å². The average molecular weight is 266 g/mol. The molecule has 0 bridgehead atoms. The summed E-state index contributed by atoms with van der Waals surface area (Å²) in [6.45, 7) is 2.80. The van der Waals surface area contributed by atoms with E-state index in [4.69, 9.17) is 4.74 Å². The lowest BCUT2D eigenvalue weighted by atomic mass is 9.92. The number of rotatable bonds is 5. The van der Waals surface area contributed by atoms with Crippen molar-refractivity contribution in [2.24, 2.45) is 5.92 Å². The molecule has 1 aromatic rings. The van der Waals surface area contributed by atoms with Gasteiger partial charge in [-0.3, -0.25) is 4.68 Å². The van der Waals surface area contributed by atoms with Crippen molar-refractivity contribution in [3.8, 4) is 5.75 Å². The van der Waals surface area contributed by atoms with Gasteiger partial charge >= 0.3 is 0 Å². The third-order valence-corrected chi connectivity index (χ3v) is 4.21. The predicted molar refractivity (Wildman–Crippen MR) is 75.2 cm³/mol. The third-order valence-electron chi connectivity index (χ3n) is 4.21. The van der Waals surface area contributed by atoms with Crippen LogP contribution >= 0.6 is 0 Å². The van der Waals surface area contributed by atoms with Gasteiger partial charge in [-0.1, -0.05) is 38.5 Å². The van der Waals surface area contributed by atoms with Crippen LogP contribution in [0.5, 0.6) is 5.75 Å². The fraction of sp³-hybridized carbons (Fsp3) is 0.800. The lowest BCUT2D eigenvalue weighted by molar-refractivity contribution is 0.126. The lowest BCUT2D eigenvalue weighted by Crippen LogP contribution is -2.13. The number of aliphatic hydroxyl groups is 1. The Morgan fingerprint density at radius 2 is 2.05 bits per heavy atom. The van der Waals surface area contributed by atoms with Crippen LogP contribution in [0.3, 0.4) is 0 Å². The van der Waals surface area contributed by atoms with Gasteiger partial charge in [-0.25, -0.2) is 0 Å².